The Kier molecular flexibility index (Phi) is 25.0. The molecule has 1 aliphatic rings. The molecule has 8 heteroatoms. The third-order valence-electron chi connectivity index (χ3n) is 27.2. The minimum absolute atomic E-state index is 0.0373. The van der Waals surface area contributed by atoms with Crippen molar-refractivity contribution in [2.45, 2.75) is 229 Å². The number of fused-ring (bicyclic) bond motifs is 14. The Labute approximate surface area is 813 Å². The Morgan fingerprint density at radius 2 is 0.562 bits per heavy atom. The van der Waals surface area contributed by atoms with Gasteiger partial charge in [0.25, 0.3) is 0 Å². The number of benzene rings is 16. The first-order valence-corrected chi connectivity index (χ1v) is 48.9. The SMILES string of the molecule is CC(C)(C)c1ccc(-c2ccc(N(c3ccc4c(c3)oc3ccccc34)C(C)(C)C)cc2)cc1.CC(C)(C)c1ccc(-n2c3ccccc3c3cc(N(c4ccc(F)cc4)C(C)(C)C)ccc32)cc1.CC(C)(C)c1ccc(N(c2ccc3c(c2)C(C)(C)c2ccc4ccccc4c2-3)C(C)(C)C)cc1.CC(C)(C)c1ccc(N(c2ccc3c(c2)c2ccccc2n3-c2ccccc2)C(C)(C)C)cc1. The summed E-state index contributed by atoms with van der Waals surface area (Å²) >= 11 is 0. The number of rotatable bonds is 11. The molecule has 3 heterocycles. The average molecular weight is 1810 g/mol. The summed E-state index contributed by atoms with van der Waals surface area (Å²) in [4.78, 5) is 9.59. The zero-order chi connectivity index (χ0) is 97.6. The zero-order valence-corrected chi connectivity index (χ0v) is 85.5. The predicted octanol–water partition coefficient (Wildman–Crippen LogP) is 37.0. The van der Waals surface area contributed by atoms with E-state index in [1.165, 1.54) is 151 Å². The van der Waals surface area contributed by atoms with E-state index < -0.39 is 0 Å². The maximum absolute atomic E-state index is 13.7. The molecule has 0 atom stereocenters. The highest BCUT2D eigenvalue weighted by atomic mass is 19.1. The average Bonchev–Trinajstić information content (AvgIpc) is 1.54. The van der Waals surface area contributed by atoms with Crippen LogP contribution in [0, 0.1) is 5.82 Å². The summed E-state index contributed by atoms with van der Waals surface area (Å²) in [7, 11) is 0. The summed E-state index contributed by atoms with van der Waals surface area (Å²) in [6.07, 6.45) is 0. The van der Waals surface area contributed by atoms with Gasteiger partial charge in [0.1, 0.15) is 17.0 Å². The molecule has 3 aromatic heterocycles. The monoisotopic (exact) mass is 1810 g/mol. The summed E-state index contributed by atoms with van der Waals surface area (Å²) in [6, 6.07) is 129. The number of nitrogens with zero attached hydrogens (tertiary/aromatic N) is 6. The van der Waals surface area contributed by atoms with Crippen molar-refractivity contribution in [2.24, 2.45) is 0 Å². The lowest BCUT2D eigenvalue weighted by atomic mass is 9.81. The van der Waals surface area contributed by atoms with E-state index in [9.17, 15) is 4.39 Å². The molecule has 7 nitrogen and oxygen atoms in total. The summed E-state index contributed by atoms with van der Waals surface area (Å²) in [5.74, 6) is -0.224. The highest BCUT2D eigenvalue weighted by molar-refractivity contribution is 6.12. The molecule has 696 valence electrons. The molecule has 0 aliphatic heterocycles. The molecule has 16 aromatic carbocycles. The van der Waals surface area contributed by atoms with E-state index in [0.717, 1.165) is 50.4 Å². The number of anilines is 8. The number of aromatic nitrogens is 2. The zero-order valence-electron chi connectivity index (χ0n) is 85.5. The van der Waals surface area contributed by atoms with Crippen LogP contribution >= 0.6 is 0 Å². The van der Waals surface area contributed by atoms with Gasteiger partial charge >= 0.3 is 0 Å². The fourth-order valence-corrected chi connectivity index (χ4v) is 20.4. The lowest BCUT2D eigenvalue weighted by Gasteiger charge is -2.39. The first-order valence-electron chi connectivity index (χ1n) is 48.9. The van der Waals surface area contributed by atoms with Crippen LogP contribution < -0.4 is 19.6 Å². The maximum Gasteiger partial charge on any atom is 0.137 e. The van der Waals surface area contributed by atoms with Crippen molar-refractivity contribution in [2.75, 3.05) is 19.6 Å². The van der Waals surface area contributed by atoms with Gasteiger partial charge in [0.2, 0.25) is 0 Å². The van der Waals surface area contributed by atoms with Crippen molar-refractivity contribution < 1.29 is 8.81 Å². The molecule has 0 radical (unpaired) electrons. The van der Waals surface area contributed by atoms with Gasteiger partial charge in [-0.05, 0) is 335 Å². The second kappa shape index (κ2) is 36.1. The summed E-state index contributed by atoms with van der Waals surface area (Å²) < 4.78 is 24.6. The second-order valence-corrected chi connectivity index (χ2v) is 46.1. The van der Waals surface area contributed by atoms with Crippen molar-refractivity contribution in [3.63, 3.8) is 0 Å². The van der Waals surface area contributed by atoms with Crippen LogP contribution in [0.1, 0.15) is 213 Å². The molecule has 137 heavy (non-hydrogen) atoms. The first-order chi connectivity index (χ1) is 64.7. The van der Waals surface area contributed by atoms with Gasteiger partial charge in [-0.15, -0.1) is 0 Å². The molecule has 0 N–H and O–H groups in total. The normalized spacial score (nSPS) is 13.0. The van der Waals surface area contributed by atoms with Crippen LogP contribution in [0.4, 0.5) is 49.9 Å². The predicted molar refractivity (Wildman–Crippen MR) is 590 cm³/mol. The first kappa shape index (κ1) is 95.1. The van der Waals surface area contributed by atoms with Crippen LogP contribution in [0.25, 0.3) is 110 Å². The van der Waals surface area contributed by atoms with Crippen molar-refractivity contribution in [3.8, 4) is 33.6 Å². The number of hydrogen-bond acceptors (Lipinski definition) is 5. The van der Waals surface area contributed by atoms with Gasteiger partial charge in [-0.2, -0.15) is 0 Å². The summed E-state index contributed by atoms with van der Waals surface area (Å²) in [6.45, 7) is 58.8. The molecule has 19 aromatic rings. The standard InChI is InChI=1S/C33H37N.C32H33FN2.C32H34N2.C32H33NO/c1-31(2,3)23-14-16-24(17-15-23)34(32(4,5)6)25-18-19-27-29(21-25)33(7,8)28-20-13-22-11-9-10-12-26(22)30(27)28;1-31(2,3)22-11-15-24(16-12-22)34-29-10-8-7-9-27(29)28-21-26(19-20-30(28)34)35(32(4,5)6)25-17-13-23(33)14-18-25;1-31(2,3)23-16-18-25(19-17-23)34(32(4,5)6)26-20-21-30-28(22-26)27-14-10-11-15-29(27)33(30)24-12-8-7-9-13-24;1-31(2,3)24-15-11-22(12-16-24)23-13-17-25(18-14-23)33(32(4,5)6)26-19-20-28-27-9-7-8-10-29(27)34-30(28)21-26/h9-21H,1-8H3;7-21H,1-6H3;7-22H,1-6H3;7-21H,1-6H3. The lowest BCUT2D eigenvalue weighted by Crippen LogP contribution is -2.37. The van der Waals surface area contributed by atoms with Gasteiger partial charge < -0.3 is 33.2 Å². The largest absolute Gasteiger partial charge is 0.456 e. The Morgan fingerprint density at radius 1 is 0.241 bits per heavy atom. The highest BCUT2D eigenvalue weighted by Crippen LogP contribution is 2.54. The maximum atomic E-state index is 13.7. The van der Waals surface area contributed by atoms with Crippen LogP contribution in [-0.4, -0.2) is 31.3 Å². The van der Waals surface area contributed by atoms with Gasteiger partial charge in [-0.25, -0.2) is 4.39 Å². The third kappa shape index (κ3) is 19.2. The van der Waals surface area contributed by atoms with Gasteiger partial charge in [-0.1, -0.05) is 285 Å². The van der Waals surface area contributed by atoms with Crippen LogP contribution in [0.2, 0.25) is 0 Å². The van der Waals surface area contributed by atoms with Gasteiger partial charge in [0.05, 0.1) is 22.1 Å². The summed E-state index contributed by atoms with van der Waals surface area (Å²) in [5.41, 5.74) is 31.9. The van der Waals surface area contributed by atoms with E-state index in [1.807, 2.05) is 24.3 Å². The number of halogens is 1. The molecule has 0 saturated carbocycles. The smallest absolute Gasteiger partial charge is 0.137 e. The quantitative estimate of drug-likeness (QED) is 0.129. The Balaban J connectivity index is 0.000000127. The number of furan rings is 1. The van der Waals surface area contributed by atoms with Crippen LogP contribution in [0.15, 0.2) is 362 Å². The number of para-hydroxylation sites is 4. The third-order valence-corrected chi connectivity index (χ3v) is 27.2. The summed E-state index contributed by atoms with van der Waals surface area (Å²) in [5, 5.41) is 9.95. The topological polar surface area (TPSA) is 36.0 Å². The minimum Gasteiger partial charge on any atom is -0.456 e. The number of hydrogen-bond donors (Lipinski definition) is 0. The molecule has 0 fully saturated rings. The van der Waals surface area contributed by atoms with Crippen molar-refractivity contribution in [3.05, 3.63) is 397 Å². The van der Waals surface area contributed by atoms with Crippen molar-refractivity contribution in [1.82, 2.24) is 9.13 Å². The molecule has 20 rings (SSSR count). The van der Waals surface area contributed by atoms with Crippen molar-refractivity contribution >= 4 is 122 Å². The molecule has 0 amide bonds. The molecular weight excluding hydrogens is 1670 g/mol. The molecule has 0 saturated heterocycles. The van der Waals surface area contributed by atoms with E-state index >= 15 is 0 Å². The van der Waals surface area contributed by atoms with Crippen LogP contribution in [-0.2, 0) is 27.1 Å². The minimum atomic E-state index is -0.224. The van der Waals surface area contributed by atoms with Gasteiger partial charge in [0, 0.05) is 123 Å². The van der Waals surface area contributed by atoms with E-state index in [2.05, 4.69) is 530 Å². The molecule has 0 bridgehead atoms. The van der Waals surface area contributed by atoms with Crippen LogP contribution in [0.5, 0.6) is 0 Å². The second-order valence-electron chi connectivity index (χ2n) is 46.1. The van der Waals surface area contributed by atoms with Crippen molar-refractivity contribution in [1.29, 1.82) is 0 Å². The lowest BCUT2D eigenvalue weighted by molar-refractivity contribution is 0.558. The molecular formula is C129H137FN6O. The molecule has 0 spiro atoms. The highest BCUT2D eigenvalue weighted by Gasteiger charge is 2.39. The van der Waals surface area contributed by atoms with E-state index in [1.54, 1.807) is 0 Å². The molecule has 0 unspecified atom stereocenters. The van der Waals surface area contributed by atoms with Gasteiger partial charge in [-0.3, -0.25) is 0 Å². The van der Waals surface area contributed by atoms with E-state index in [4.69, 9.17) is 4.42 Å². The van der Waals surface area contributed by atoms with E-state index in [-0.39, 0.29) is 55.0 Å². The Morgan fingerprint density at radius 3 is 1.01 bits per heavy atom. The van der Waals surface area contributed by atoms with E-state index in [0.29, 0.717) is 0 Å². The fraction of sp³-hybridized carbons (Fsp3) is 0.271. The Bertz CT molecular complexity index is 7580. The van der Waals surface area contributed by atoms with Gasteiger partial charge in [0.15, 0.2) is 0 Å². The fourth-order valence-electron chi connectivity index (χ4n) is 20.4. The van der Waals surface area contributed by atoms with Crippen LogP contribution in [0.3, 0.4) is 0 Å². The molecule has 1 aliphatic carbocycles. The Hall–Kier alpha value is -13.7.